The fourth-order valence-electron chi connectivity index (χ4n) is 4.91. The van der Waals surface area contributed by atoms with Gasteiger partial charge in [-0.3, -0.25) is 14.6 Å². The van der Waals surface area contributed by atoms with E-state index in [9.17, 15) is 14.3 Å². The number of hydrogen-bond acceptors (Lipinski definition) is 4. The lowest BCUT2D eigenvalue weighted by atomic mass is 9.85. The van der Waals surface area contributed by atoms with Crippen molar-refractivity contribution in [2.75, 3.05) is 13.7 Å². The van der Waals surface area contributed by atoms with E-state index < -0.39 is 11.4 Å². The third-order valence-electron chi connectivity index (χ3n) is 6.27. The molecule has 180 valence electrons. The minimum absolute atomic E-state index is 0.237. The van der Waals surface area contributed by atoms with Gasteiger partial charge in [0, 0.05) is 52.0 Å². The zero-order valence-corrected chi connectivity index (χ0v) is 20.0. The Bertz CT molecular complexity index is 1560. The molecule has 35 heavy (non-hydrogen) atoms. The van der Waals surface area contributed by atoms with Crippen LogP contribution in [0.25, 0.3) is 38.6 Å². The molecule has 0 atom stereocenters. The van der Waals surface area contributed by atoms with E-state index >= 15 is 0 Å². The van der Waals surface area contributed by atoms with E-state index in [-0.39, 0.29) is 12.4 Å². The van der Waals surface area contributed by atoms with Gasteiger partial charge >= 0.3 is 5.97 Å². The maximum absolute atomic E-state index is 13.9. The van der Waals surface area contributed by atoms with E-state index in [2.05, 4.69) is 39.8 Å². The highest BCUT2D eigenvalue weighted by molar-refractivity contribution is 6.06. The van der Waals surface area contributed by atoms with Crippen LogP contribution in [0.2, 0.25) is 0 Å². The quantitative estimate of drug-likeness (QED) is 0.352. The lowest BCUT2D eigenvalue weighted by Crippen LogP contribution is -2.27. The number of carboxylic acid groups (broad SMARTS) is 1. The first-order chi connectivity index (χ1) is 16.7. The van der Waals surface area contributed by atoms with Crippen LogP contribution in [0.15, 0.2) is 48.8 Å². The number of H-pyrrole nitrogens is 1. The van der Waals surface area contributed by atoms with Gasteiger partial charge in [-0.1, -0.05) is 13.8 Å². The number of carboxylic acids is 1. The van der Waals surface area contributed by atoms with Crippen molar-refractivity contribution in [3.8, 4) is 16.8 Å². The average Bonchev–Trinajstić information content (AvgIpc) is 3.47. The summed E-state index contributed by atoms with van der Waals surface area (Å²) in [6.07, 6.45) is 3.54. The van der Waals surface area contributed by atoms with Crippen LogP contribution in [0.5, 0.6) is 0 Å². The molecule has 2 aromatic carbocycles. The fourth-order valence-corrected chi connectivity index (χ4v) is 4.91. The summed E-state index contributed by atoms with van der Waals surface area (Å²) in [4.78, 5) is 11.4. The van der Waals surface area contributed by atoms with Gasteiger partial charge in [-0.2, -0.15) is 10.2 Å². The molecule has 0 aliphatic carbocycles. The maximum Gasteiger partial charge on any atom is 0.325 e. The van der Waals surface area contributed by atoms with E-state index in [4.69, 9.17) is 4.74 Å². The largest absolute Gasteiger partial charge is 0.480 e. The molecule has 0 amide bonds. The van der Waals surface area contributed by atoms with Gasteiger partial charge < -0.3 is 14.4 Å². The molecular weight excluding hydrogens is 449 g/mol. The third-order valence-corrected chi connectivity index (χ3v) is 6.27. The van der Waals surface area contributed by atoms with Crippen molar-refractivity contribution in [2.45, 2.75) is 32.7 Å². The topological polar surface area (TPSA) is 98.0 Å². The summed E-state index contributed by atoms with van der Waals surface area (Å²) in [6.45, 7) is 6.26. The van der Waals surface area contributed by atoms with E-state index in [0.29, 0.717) is 12.3 Å². The summed E-state index contributed by atoms with van der Waals surface area (Å²) in [5.74, 6) is -1.28. The Kier molecular flexibility index (Phi) is 5.44. The summed E-state index contributed by atoms with van der Waals surface area (Å²) in [5.41, 5.74) is 5.56. The van der Waals surface area contributed by atoms with Crippen molar-refractivity contribution >= 4 is 27.8 Å². The second-order valence-electron chi connectivity index (χ2n) is 9.40. The summed E-state index contributed by atoms with van der Waals surface area (Å²) in [5, 5.41) is 22.9. The summed E-state index contributed by atoms with van der Waals surface area (Å²) < 4.78 is 23.1. The molecule has 0 bridgehead atoms. The van der Waals surface area contributed by atoms with Crippen LogP contribution in [0.1, 0.15) is 25.2 Å². The molecule has 0 aliphatic heterocycles. The number of aryl methyl sites for hydroxylation is 1. The fraction of sp³-hybridized carbons (Fsp3) is 0.269. The van der Waals surface area contributed by atoms with Gasteiger partial charge in [-0.25, -0.2) is 4.39 Å². The number of benzene rings is 2. The van der Waals surface area contributed by atoms with Gasteiger partial charge in [0.1, 0.15) is 12.4 Å². The molecule has 8 nitrogen and oxygen atoms in total. The molecule has 3 heterocycles. The first-order valence-corrected chi connectivity index (χ1v) is 11.2. The van der Waals surface area contributed by atoms with Crippen molar-refractivity contribution in [1.82, 2.24) is 24.5 Å². The summed E-state index contributed by atoms with van der Waals surface area (Å²) in [6, 6.07) is 10.5. The number of aromatic nitrogens is 5. The van der Waals surface area contributed by atoms with Crippen LogP contribution in [-0.4, -0.2) is 49.3 Å². The molecule has 0 saturated carbocycles. The van der Waals surface area contributed by atoms with Crippen molar-refractivity contribution in [3.63, 3.8) is 0 Å². The number of ether oxygens (including phenoxy) is 1. The lowest BCUT2D eigenvalue weighted by molar-refractivity contribution is -0.137. The molecule has 0 radical (unpaired) electrons. The number of carbonyl (C=O) groups is 1. The van der Waals surface area contributed by atoms with Gasteiger partial charge in [0.15, 0.2) is 0 Å². The number of rotatable bonds is 7. The molecule has 5 aromatic rings. The second-order valence-corrected chi connectivity index (χ2v) is 9.40. The van der Waals surface area contributed by atoms with E-state index in [1.807, 2.05) is 13.0 Å². The number of fused-ring (bicyclic) bond motifs is 2. The van der Waals surface area contributed by atoms with Gasteiger partial charge in [0.25, 0.3) is 0 Å². The second kappa shape index (κ2) is 8.35. The van der Waals surface area contributed by atoms with Crippen LogP contribution in [-0.2, 0) is 21.5 Å². The smallest absolute Gasteiger partial charge is 0.325 e. The maximum atomic E-state index is 13.9. The number of methoxy groups -OCH3 is 1. The Morgan fingerprint density at radius 2 is 1.97 bits per heavy atom. The van der Waals surface area contributed by atoms with Crippen LogP contribution < -0.4 is 0 Å². The summed E-state index contributed by atoms with van der Waals surface area (Å²) in [7, 11) is 1.66. The SMILES string of the molecule is COCC(C)(C)c1c(-c2cn(CC(=O)O)nc2C)c2cc3[nH]ncc3cc2n1-c1ccc(F)cc1. The Labute approximate surface area is 200 Å². The molecule has 2 N–H and O–H groups in total. The highest BCUT2D eigenvalue weighted by Crippen LogP contribution is 2.44. The standard InChI is InChI=1S/C26H26FN5O3/c1-15-20(12-31(30-15)13-23(33)34)24-19-10-21-16(11-28-29-21)9-22(19)32(18-7-5-17(27)6-8-18)25(24)26(2,3)14-35-4/h5-12H,13-14H2,1-4H3,(H,28,29)(H,33,34). The Balaban J connectivity index is 1.94. The summed E-state index contributed by atoms with van der Waals surface area (Å²) >= 11 is 0. The number of nitrogens with one attached hydrogen (secondary N) is 1. The minimum Gasteiger partial charge on any atom is -0.480 e. The van der Waals surface area contributed by atoms with Crippen molar-refractivity contribution in [3.05, 3.63) is 66.0 Å². The van der Waals surface area contributed by atoms with Gasteiger partial charge in [0.2, 0.25) is 0 Å². The van der Waals surface area contributed by atoms with E-state index in [1.165, 1.54) is 16.8 Å². The number of aliphatic carboxylic acids is 1. The van der Waals surface area contributed by atoms with Gasteiger partial charge in [-0.05, 0) is 43.3 Å². The van der Waals surface area contributed by atoms with Crippen LogP contribution in [0.4, 0.5) is 4.39 Å². The molecule has 0 aliphatic rings. The highest BCUT2D eigenvalue weighted by atomic mass is 19.1. The van der Waals surface area contributed by atoms with E-state index in [0.717, 1.165) is 44.3 Å². The van der Waals surface area contributed by atoms with Gasteiger partial charge in [0.05, 0.1) is 29.5 Å². The van der Waals surface area contributed by atoms with Crippen LogP contribution in [0, 0.1) is 12.7 Å². The zero-order valence-electron chi connectivity index (χ0n) is 20.0. The molecule has 9 heteroatoms. The average molecular weight is 476 g/mol. The Hall–Kier alpha value is -3.98. The predicted molar refractivity (Wildman–Crippen MR) is 131 cm³/mol. The molecule has 0 saturated heterocycles. The number of hydrogen-bond donors (Lipinski definition) is 2. The van der Waals surface area contributed by atoms with E-state index in [1.54, 1.807) is 31.6 Å². The van der Waals surface area contributed by atoms with Crippen molar-refractivity contribution < 1.29 is 19.0 Å². The van der Waals surface area contributed by atoms with Crippen molar-refractivity contribution in [1.29, 1.82) is 0 Å². The zero-order chi connectivity index (χ0) is 24.9. The normalized spacial score (nSPS) is 12.1. The molecule has 5 rings (SSSR count). The number of nitrogens with zero attached hydrogens (tertiary/aromatic N) is 4. The highest BCUT2D eigenvalue weighted by Gasteiger charge is 2.33. The molecule has 0 spiro atoms. The first kappa shape index (κ1) is 22.8. The molecule has 3 aromatic heterocycles. The van der Waals surface area contributed by atoms with Crippen LogP contribution in [0.3, 0.4) is 0 Å². The molecule has 0 unspecified atom stereocenters. The number of halogens is 1. The van der Waals surface area contributed by atoms with Crippen molar-refractivity contribution in [2.24, 2.45) is 0 Å². The minimum atomic E-state index is -0.966. The lowest BCUT2D eigenvalue weighted by Gasteiger charge is -2.28. The van der Waals surface area contributed by atoms with Crippen LogP contribution >= 0.6 is 0 Å². The molecule has 0 fully saturated rings. The van der Waals surface area contributed by atoms with Gasteiger partial charge in [-0.15, -0.1) is 0 Å². The predicted octanol–water partition coefficient (Wildman–Crippen LogP) is 4.83. The first-order valence-electron chi connectivity index (χ1n) is 11.2. The Morgan fingerprint density at radius 1 is 1.23 bits per heavy atom. The monoisotopic (exact) mass is 475 g/mol. The number of aromatic amines is 1. The Morgan fingerprint density at radius 3 is 2.66 bits per heavy atom. The third kappa shape index (κ3) is 3.87. The molecular formula is C26H26FN5O3.